The molecule has 0 unspecified atom stereocenters. The highest BCUT2D eigenvalue weighted by Crippen LogP contribution is 2.53. The summed E-state index contributed by atoms with van der Waals surface area (Å²) in [5, 5.41) is 25.1. The number of fused-ring (bicyclic) bond motifs is 1. The first-order valence-corrected chi connectivity index (χ1v) is 13.1. The number of carbonyl (C=O) groups is 4. The summed E-state index contributed by atoms with van der Waals surface area (Å²) >= 11 is 1.47. The molecule has 190 valence electrons. The minimum Gasteiger partial charge on any atom is -0.477 e. The van der Waals surface area contributed by atoms with Crippen LogP contribution in [0.15, 0.2) is 10.6 Å². The number of nitriles is 1. The van der Waals surface area contributed by atoms with E-state index in [1.807, 2.05) is 18.7 Å². The van der Waals surface area contributed by atoms with E-state index < -0.39 is 5.97 Å². The van der Waals surface area contributed by atoms with Crippen LogP contribution < -0.4 is 10.6 Å². The van der Waals surface area contributed by atoms with Crippen LogP contribution in [0.4, 0.5) is 0 Å². The lowest BCUT2D eigenvalue weighted by Crippen LogP contribution is -2.62. The van der Waals surface area contributed by atoms with E-state index in [9.17, 15) is 24.3 Å². The Morgan fingerprint density at radius 3 is 2.77 bits per heavy atom. The maximum atomic E-state index is 13.0. The van der Waals surface area contributed by atoms with Crippen molar-refractivity contribution in [3.05, 3.63) is 10.6 Å². The number of carboxylic acids is 1. The molecule has 10 nitrogen and oxygen atoms in total. The number of hydrogen-bond acceptors (Lipinski definition) is 8. The SMILES string of the molecule is CC(=O)C[C@H](C)[C@H]1C(=O)N2C(C(=O)O)=C(S[C@@H]3CN[C@H](C(=O)N4CC[C@H](NCC#N)C4)C3)[C@H](C)[C@H]12. The molecule has 3 N–H and O–H groups in total. The van der Waals surface area contributed by atoms with Crippen LogP contribution in [0.25, 0.3) is 0 Å². The highest BCUT2D eigenvalue weighted by atomic mass is 32.2. The summed E-state index contributed by atoms with van der Waals surface area (Å²) in [6.07, 6.45) is 1.71. The second kappa shape index (κ2) is 10.3. The summed E-state index contributed by atoms with van der Waals surface area (Å²) in [5.74, 6) is -1.88. The molecular weight excluding hydrogens is 470 g/mol. The lowest BCUT2D eigenvalue weighted by atomic mass is 9.73. The first-order chi connectivity index (χ1) is 16.6. The number of nitrogens with one attached hydrogen (secondary N) is 2. The Labute approximate surface area is 209 Å². The number of amides is 2. The van der Waals surface area contributed by atoms with Gasteiger partial charge in [0.05, 0.1) is 30.6 Å². The Balaban J connectivity index is 1.40. The van der Waals surface area contributed by atoms with Crippen LogP contribution >= 0.6 is 11.8 Å². The van der Waals surface area contributed by atoms with Crippen molar-refractivity contribution in [3.8, 4) is 6.07 Å². The molecule has 0 aromatic rings. The van der Waals surface area contributed by atoms with Gasteiger partial charge >= 0.3 is 5.97 Å². The Morgan fingerprint density at radius 1 is 1.37 bits per heavy atom. The molecule has 0 radical (unpaired) electrons. The summed E-state index contributed by atoms with van der Waals surface area (Å²) in [6.45, 7) is 7.43. The van der Waals surface area contributed by atoms with Crippen molar-refractivity contribution in [2.75, 3.05) is 26.2 Å². The van der Waals surface area contributed by atoms with Gasteiger partial charge in [0.2, 0.25) is 11.8 Å². The van der Waals surface area contributed by atoms with E-state index >= 15 is 0 Å². The van der Waals surface area contributed by atoms with E-state index in [0.29, 0.717) is 37.4 Å². The van der Waals surface area contributed by atoms with Crippen LogP contribution in [-0.4, -0.2) is 88.0 Å². The molecule has 0 spiro atoms. The van der Waals surface area contributed by atoms with Gasteiger partial charge in [0.1, 0.15) is 11.5 Å². The molecule has 0 bridgehead atoms. The Bertz CT molecular complexity index is 993. The van der Waals surface area contributed by atoms with Crippen LogP contribution in [0.2, 0.25) is 0 Å². The van der Waals surface area contributed by atoms with Crippen molar-refractivity contribution in [3.63, 3.8) is 0 Å². The summed E-state index contributed by atoms with van der Waals surface area (Å²) in [6, 6.07) is 1.64. The molecule has 2 amide bonds. The molecule has 0 aromatic carbocycles. The minimum absolute atomic E-state index is 0.0211. The summed E-state index contributed by atoms with van der Waals surface area (Å²) in [5.41, 5.74) is 0.0597. The van der Waals surface area contributed by atoms with E-state index in [-0.39, 0.29) is 71.0 Å². The van der Waals surface area contributed by atoms with E-state index in [2.05, 4.69) is 16.7 Å². The Hall–Kier alpha value is -2.42. The molecule has 11 heteroatoms. The van der Waals surface area contributed by atoms with Gasteiger partial charge in [-0.25, -0.2) is 4.79 Å². The standard InChI is InChI=1S/C24H33N5O5S/c1-12(8-13(2)30)18-19-14(3)21(20(24(33)34)29(19)23(18)32)35-16-9-17(27-10-16)22(31)28-7-4-15(11-28)26-6-5-25/h12,14-19,26-27H,4,6-11H2,1-3H3,(H,33,34)/t12-,14+,15-,16-,17-,18+,19+/m0/s1. The minimum atomic E-state index is -1.11. The van der Waals surface area contributed by atoms with Crippen LogP contribution in [0, 0.1) is 29.1 Å². The maximum Gasteiger partial charge on any atom is 0.353 e. The molecule has 3 saturated heterocycles. The quantitative estimate of drug-likeness (QED) is 0.304. The molecule has 4 heterocycles. The first kappa shape index (κ1) is 25.7. The number of thioether (sulfide) groups is 1. The third-order valence-electron chi connectivity index (χ3n) is 7.67. The monoisotopic (exact) mass is 503 g/mol. The highest BCUT2D eigenvalue weighted by Gasteiger charge is 2.60. The van der Waals surface area contributed by atoms with E-state index in [1.165, 1.54) is 23.6 Å². The van der Waals surface area contributed by atoms with Gasteiger partial charge in [0.15, 0.2) is 0 Å². The normalized spacial score (nSPS) is 32.9. The largest absolute Gasteiger partial charge is 0.477 e. The van der Waals surface area contributed by atoms with Crippen molar-refractivity contribution in [1.29, 1.82) is 5.26 Å². The predicted octanol–water partition coefficient (Wildman–Crippen LogP) is 0.552. The summed E-state index contributed by atoms with van der Waals surface area (Å²) < 4.78 is 0. The van der Waals surface area contributed by atoms with Crippen LogP contribution in [0.1, 0.15) is 40.0 Å². The molecule has 7 atom stereocenters. The van der Waals surface area contributed by atoms with Gasteiger partial charge in [-0.1, -0.05) is 13.8 Å². The van der Waals surface area contributed by atoms with Gasteiger partial charge in [-0.2, -0.15) is 5.26 Å². The Kier molecular flexibility index (Phi) is 7.54. The van der Waals surface area contributed by atoms with Crippen molar-refractivity contribution in [2.24, 2.45) is 17.8 Å². The molecule has 0 saturated carbocycles. The molecule has 4 aliphatic heterocycles. The zero-order valence-corrected chi connectivity index (χ0v) is 21.1. The number of hydrogen-bond donors (Lipinski definition) is 3. The van der Waals surface area contributed by atoms with Gasteiger partial charge in [-0.3, -0.25) is 14.9 Å². The third kappa shape index (κ3) is 4.84. The van der Waals surface area contributed by atoms with Crippen LogP contribution in [-0.2, 0) is 19.2 Å². The van der Waals surface area contributed by atoms with Gasteiger partial charge in [0, 0.05) is 48.2 Å². The predicted molar refractivity (Wildman–Crippen MR) is 129 cm³/mol. The highest BCUT2D eigenvalue weighted by molar-refractivity contribution is 8.03. The summed E-state index contributed by atoms with van der Waals surface area (Å²) in [4.78, 5) is 53.6. The third-order valence-corrected chi connectivity index (χ3v) is 9.18. The molecule has 3 fully saturated rings. The number of carboxylic acid groups (broad SMARTS) is 1. The van der Waals surface area contributed by atoms with Gasteiger partial charge in [-0.05, 0) is 25.7 Å². The van der Waals surface area contributed by atoms with Gasteiger partial charge < -0.3 is 25.0 Å². The average Bonchev–Trinajstić information content (AvgIpc) is 3.50. The number of β-lactam (4-membered cyclic amide) rings is 1. The fourth-order valence-electron chi connectivity index (χ4n) is 6.05. The average molecular weight is 504 g/mol. The second-order valence-electron chi connectivity index (χ2n) is 10.2. The molecule has 4 aliphatic rings. The lowest BCUT2D eigenvalue weighted by Gasteiger charge is -2.47. The maximum absolute atomic E-state index is 13.0. The van der Waals surface area contributed by atoms with Crippen molar-refractivity contribution < 1.29 is 24.3 Å². The van der Waals surface area contributed by atoms with Gasteiger partial charge in [-0.15, -0.1) is 11.8 Å². The van der Waals surface area contributed by atoms with Crippen molar-refractivity contribution in [1.82, 2.24) is 20.4 Å². The zero-order valence-electron chi connectivity index (χ0n) is 20.3. The molecule has 0 aliphatic carbocycles. The van der Waals surface area contributed by atoms with E-state index in [4.69, 9.17) is 5.26 Å². The zero-order chi connectivity index (χ0) is 25.4. The number of aliphatic carboxylic acids is 1. The number of rotatable bonds is 9. The second-order valence-corrected chi connectivity index (χ2v) is 11.5. The molecule has 0 aromatic heterocycles. The molecular formula is C24H33N5O5S. The van der Waals surface area contributed by atoms with Crippen LogP contribution in [0.3, 0.4) is 0 Å². The smallest absolute Gasteiger partial charge is 0.353 e. The number of ketones is 1. The van der Waals surface area contributed by atoms with Gasteiger partial charge in [0.25, 0.3) is 0 Å². The van der Waals surface area contributed by atoms with Crippen molar-refractivity contribution in [2.45, 2.75) is 63.4 Å². The lowest BCUT2D eigenvalue weighted by molar-refractivity contribution is -0.160. The number of likely N-dealkylation sites (tertiary alicyclic amines) is 1. The molecule has 4 rings (SSSR count). The topological polar surface area (TPSA) is 143 Å². The summed E-state index contributed by atoms with van der Waals surface area (Å²) in [7, 11) is 0. The first-order valence-electron chi connectivity index (χ1n) is 12.2. The number of carbonyl (C=O) groups excluding carboxylic acids is 3. The van der Waals surface area contributed by atoms with E-state index in [1.54, 1.807) is 0 Å². The van der Waals surface area contributed by atoms with Crippen molar-refractivity contribution >= 4 is 35.3 Å². The van der Waals surface area contributed by atoms with Crippen LogP contribution in [0.5, 0.6) is 0 Å². The Morgan fingerprint density at radius 2 is 2.11 bits per heavy atom. The fourth-order valence-corrected chi connectivity index (χ4v) is 7.52. The number of Topliss-reactive ketones (excluding diaryl/α,β-unsaturated/α-hetero) is 1. The fraction of sp³-hybridized carbons (Fsp3) is 0.708. The molecule has 35 heavy (non-hydrogen) atoms. The van der Waals surface area contributed by atoms with E-state index in [0.717, 1.165) is 6.42 Å². The number of nitrogens with zero attached hydrogens (tertiary/aromatic N) is 3.